The van der Waals surface area contributed by atoms with E-state index >= 15 is 0 Å². The Kier molecular flexibility index (Phi) is 4.35. The molecule has 3 N–H and O–H groups in total. The molecule has 0 spiro atoms. The van der Waals surface area contributed by atoms with Crippen LogP contribution < -0.4 is 5.73 Å². The zero-order valence-corrected chi connectivity index (χ0v) is 9.50. The molecule has 0 bridgehead atoms. The van der Waals surface area contributed by atoms with Gasteiger partial charge < -0.3 is 15.7 Å². The number of aliphatic hydroxyl groups excluding tert-OH is 1. The Morgan fingerprint density at radius 1 is 1.36 bits per heavy atom. The number of hydrogen-bond acceptors (Lipinski definition) is 3. The smallest absolute Gasteiger partial charge is 0.0621 e. The van der Waals surface area contributed by atoms with Crippen LogP contribution in [-0.2, 0) is 0 Å². The van der Waals surface area contributed by atoms with Crippen LogP contribution in [0.25, 0.3) is 0 Å². The normalized spacial score (nSPS) is 23.8. The summed E-state index contributed by atoms with van der Waals surface area (Å²) < 4.78 is 0. The summed E-state index contributed by atoms with van der Waals surface area (Å²) in [6.45, 7) is 2.75. The highest BCUT2D eigenvalue weighted by atomic mass is 16.3. The number of aliphatic hydroxyl groups is 1. The van der Waals surface area contributed by atoms with Crippen molar-refractivity contribution in [3.8, 4) is 0 Å². The third kappa shape index (κ3) is 3.56. The fourth-order valence-electron chi connectivity index (χ4n) is 2.27. The minimum atomic E-state index is -0.452. The molecule has 3 nitrogen and oxygen atoms in total. The summed E-state index contributed by atoms with van der Waals surface area (Å²) in [6, 6.07) is 0.679. The molecule has 0 aromatic carbocycles. The molecule has 3 heteroatoms. The number of hydrogen-bond donors (Lipinski definition) is 2. The Balaban J connectivity index is 2.36. The highest BCUT2D eigenvalue weighted by Crippen LogP contribution is 2.22. The van der Waals surface area contributed by atoms with Crippen LogP contribution in [0.5, 0.6) is 0 Å². The van der Waals surface area contributed by atoms with Gasteiger partial charge in [0.2, 0.25) is 0 Å². The summed E-state index contributed by atoms with van der Waals surface area (Å²) in [5, 5.41) is 9.09. The van der Waals surface area contributed by atoms with E-state index in [-0.39, 0.29) is 6.61 Å². The predicted molar refractivity (Wildman–Crippen MR) is 59.2 cm³/mol. The van der Waals surface area contributed by atoms with E-state index in [1.165, 1.54) is 32.1 Å². The van der Waals surface area contributed by atoms with Crippen molar-refractivity contribution < 1.29 is 5.11 Å². The third-order valence-corrected chi connectivity index (χ3v) is 3.17. The van der Waals surface area contributed by atoms with Crippen LogP contribution >= 0.6 is 0 Å². The minimum Gasteiger partial charge on any atom is -0.394 e. The molecular formula is C11H24N2O. The summed E-state index contributed by atoms with van der Waals surface area (Å²) in [5.41, 5.74) is 5.48. The largest absolute Gasteiger partial charge is 0.394 e. The van der Waals surface area contributed by atoms with Crippen molar-refractivity contribution in [1.29, 1.82) is 0 Å². The first-order valence-electron chi connectivity index (χ1n) is 5.65. The van der Waals surface area contributed by atoms with Crippen molar-refractivity contribution in [1.82, 2.24) is 4.90 Å². The second-order valence-corrected chi connectivity index (χ2v) is 5.02. The minimum absolute atomic E-state index is 0.0596. The number of nitrogens with zero attached hydrogens (tertiary/aromatic N) is 1. The van der Waals surface area contributed by atoms with Crippen LogP contribution in [-0.4, -0.2) is 41.8 Å². The maximum Gasteiger partial charge on any atom is 0.0621 e. The highest BCUT2D eigenvalue weighted by Gasteiger charge is 2.24. The highest BCUT2D eigenvalue weighted by molar-refractivity contribution is 4.84. The Labute approximate surface area is 87.3 Å². The van der Waals surface area contributed by atoms with Crippen molar-refractivity contribution in [3.05, 3.63) is 0 Å². The maximum absolute atomic E-state index is 9.09. The zero-order chi connectivity index (χ0) is 10.6. The molecule has 84 valence electrons. The van der Waals surface area contributed by atoms with Gasteiger partial charge in [-0.2, -0.15) is 0 Å². The first kappa shape index (κ1) is 12.0. The lowest BCUT2D eigenvalue weighted by atomic mass is 9.93. The summed E-state index contributed by atoms with van der Waals surface area (Å²) in [5.74, 6) is 0. The van der Waals surface area contributed by atoms with Crippen molar-refractivity contribution in [2.75, 3.05) is 20.2 Å². The molecule has 0 aromatic rings. The van der Waals surface area contributed by atoms with Crippen LogP contribution in [0, 0.1) is 0 Å². The van der Waals surface area contributed by atoms with E-state index in [2.05, 4.69) is 11.9 Å². The summed E-state index contributed by atoms with van der Waals surface area (Å²) in [7, 11) is 2.12. The fraction of sp³-hybridized carbons (Fsp3) is 1.00. The second-order valence-electron chi connectivity index (χ2n) is 5.02. The number of nitrogens with two attached hydrogens (primary N) is 1. The monoisotopic (exact) mass is 200 g/mol. The molecule has 1 atom stereocenters. The third-order valence-electron chi connectivity index (χ3n) is 3.17. The summed E-state index contributed by atoms with van der Waals surface area (Å²) in [6.07, 6.45) is 6.64. The van der Waals surface area contributed by atoms with Gasteiger partial charge in [-0.1, -0.05) is 19.3 Å². The number of rotatable bonds is 4. The van der Waals surface area contributed by atoms with Crippen LogP contribution in [0.4, 0.5) is 0 Å². The molecule has 1 saturated carbocycles. The molecular weight excluding hydrogens is 176 g/mol. The second kappa shape index (κ2) is 5.10. The van der Waals surface area contributed by atoms with Crippen molar-refractivity contribution in [3.63, 3.8) is 0 Å². The van der Waals surface area contributed by atoms with Gasteiger partial charge in [-0.25, -0.2) is 0 Å². The number of likely N-dealkylation sites (N-methyl/N-ethyl adjacent to an activating group) is 1. The van der Waals surface area contributed by atoms with E-state index in [1.54, 1.807) is 0 Å². The van der Waals surface area contributed by atoms with Crippen LogP contribution in [0.1, 0.15) is 39.0 Å². The lowest BCUT2D eigenvalue weighted by Crippen LogP contribution is -2.52. The molecule has 0 aliphatic heterocycles. The van der Waals surface area contributed by atoms with Gasteiger partial charge in [0.05, 0.1) is 6.61 Å². The zero-order valence-electron chi connectivity index (χ0n) is 9.50. The quantitative estimate of drug-likeness (QED) is 0.710. The average molecular weight is 200 g/mol. The molecule has 0 aromatic heterocycles. The molecule has 0 heterocycles. The van der Waals surface area contributed by atoms with E-state index in [0.717, 1.165) is 6.54 Å². The van der Waals surface area contributed by atoms with Gasteiger partial charge in [-0.15, -0.1) is 0 Å². The van der Waals surface area contributed by atoms with E-state index in [1.807, 2.05) is 6.92 Å². The van der Waals surface area contributed by atoms with Crippen LogP contribution in [0.2, 0.25) is 0 Å². The maximum atomic E-state index is 9.09. The predicted octanol–water partition coefficient (Wildman–Crippen LogP) is 0.961. The van der Waals surface area contributed by atoms with Gasteiger partial charge in [0, 0.05) is 18.1 Å². The first-order chi connectivity index (χ1) is 6.55. The lowest BCUT2D eigenvalue weighted by molar-refractivity contribution is 0.120. The molecule has 1 fully saturated rings. The van der Waals surface area contributed by atoms with Crippen LogP contribution in [0.3, 0.4) is 0 Å². The van der Waals surface area contributed by atoms with Crippen molar-refractivity contribution in [2.24, 2.45) is 5.73 Å². The molecule has 1 unspecified atom stereocenters. The van der Waals surface area contributed by atoms with Gasteiger partial charge in [0.1, 0.15) is 0 Å². The Morgan fingerprint density at radius 2 is 1.93 bits per heavy atom. The van der Waals surface area contributed by atoms with Crippen molar-refractivity contribution in [2.45, 2.75) is 50.6 Å². The van der Waals surface area contributed by atoms with Gasteiger partial charge in [0.15, 0.2) is 0 Å². The Morgan fingerprint density at radius 3 is 2.43 bits per heavy atom. The molecule has 14 heavy (non-hydrogen) atoms. The van der Waals surface area contributed by atoms with E-state index in [0.29, 0.717) is 6.04 Å². The standard InChI is InChI=1S/C11H24N2O/c1-11(12,9-14)8-13(2)10-6-4-3-5-7-10/h10,14H,3-9,12H2,1-2H3. The summed E-state index contributed by atoms with van der Waals surface area (Å²) >= 11 is 0. The van der Waals surface area contributed by atoms with E-state index in [9.17, 15) is 0 Å². The molecule has 0 saturated heterocycles. The van der Waals surface area contributed by atoms with E-state index in [4.69, 9.17) is 10.8 Å². The molecule has 1 aliphatic rings. The lowest BCUT2D eigenvalue weighted by Gasteiger charge is -2.36. The van der Waals surface area contributed by atoms with Gasteiger partial charge in [0.25, 0.3) is 0 Å². The first-order valence-corrected chi connectivity index (χ1v) is 5.65. The van der Waals surface area contributed by atoms with Gasteiger partial charge in [-0.05, 0) is 26.8 Å². The topological polar surface area (TPSA) is 49.5 Å². The van der Waals surface area contributed by atoms with Gasteiger partial charge in [-0.3, -0.25) is 0 Å². The Bertz CT molecular complexity index is 165. The van der Waals surface area contributed by atoms with Crippen LogP contribution in [0.15, 0.2) is 0 Å². The molecule has 0 amide bonds. The van der Waals surface area contributed by atoms with Gasteiger partial charge >= 0.3 is 0 Å². The fourth-order valence-corrected chi connectivity index (χ4v) is 2.27. The average Bonchev–Trinajstić information content (AvgIpc) is 2.19. The summed E-state index contributed by atoms with van der Waals surface area (Å²) in [4.78, 5) is 2.31. The SMILES string of the molecule is CN(CC(C)(N)CO)C1CCCCC1. The molecule has 1 rings (SSSR count). The molecule has 0 radical (unpaired) electrons. The van der Waals surface area contributed by atoms with E-state index < -0.39 is 5.54 Å². The molecule has 1 aliphatic carbocycles. The van der Waals surface area contributed by atoms with Crippen molar-refractivity contribution >= 4 is 0 Å². The Hall–Kier alpha value is -0.120.